The van der Waals surface area contributed by atoms with Crippen LogP contribution < -0.4 is 10.5 Å². The van der Waals surface area contributed by atoms with Crippen LogP contribution in [0.25, 0.3) is 0 Å². The average molecular weight is 304 g/mol. The molecule has 0 heterocycles. The molecular weight excluding hydrogens is 285 g/mol. The number of likely N-dealkylation sites (N-methyl/N-ethyl adjacent to an activating group) is 1. The largest absolute Gasteiger partial charge is 0.573 e. The molecule has 1 unspecified atom stereocenters. The van der Waals surface area contributed by atoms with Crippen molar-refractivity contribution in [1.29, 1.82) is 0 Å². The van der Waals surface area contributed by atoms with Crippen LogP contribution in [0.3, 0.4) is 0 Å². The van der Waals surface area contributed by atoms with Gasteiger partial charge in [-0.25, -0.2) is 0 Å². The average Bonchev–Trinajstić information content (AvgIpc) is 2.37. The van der Waals surface area contributed by atoms with Gasteiger partial charge in [0.2, 0.25) is 0 Å². The normalized spacial score (nSPS) is 13.1. The maximum atomic E-state index is 12.4. The molecule has 0 fully saturated rings. The molecule has 0 aromatic heterocycles. The topological polar surface area (TPSA) is 55.6 Å². The SMILES string of the molecule is CC(C)C(CN)N(C)C(=O)c1ccccc1OC(F)(F)F. The van der Waals surface area contributed by atoms with E-state index in [9.17, 15) is 18.0 Å². The fourth-order valence-corrected chi connectivity index (χ4v) is 2.08. The van der Waals surface area contributed by atoms with Crippen molar-refractivity contribution in [3.63, 3.8) is 0 Å². The minimum Gasteiger partial charge on any atom is -0.405 e. The summed E-state index contributed by atoms with van der Waals surface area (Å²) in [6.45, 7) is 4.00. The Morgan fingerprint density at radius 3 is 2.38 bits per heavy atom. The van der Waals surface area contributed by atoms with Crippen molar-refractivity contribution in [3.05, 3.63) is 29.8 Å². The predicted molar refractivity (Wildman–Crippen MR) is 72.9 cm³/mol. The predicted octanol–water partition coefficient (Wildman–Crippen LogP) is 2.64. The second kappa shape index (κ2) is 6.80. The maximum absolute atomic E-state index is 12.4. The number of rotatable bonds is 5. The molecule has 118 valence electrons. The van der Waals surface area contributed by atoms with E-state index in [2.05, 4.69) is 4.74 Å². The van der Waals surface area contributed by atoms with Crippen LogP contribution in [0.15, 0.2) is 24.3 Å². The monoisotopic (exact) mass is 304 g/mol. The van der Waals surface area contributed by atoms with Crippen molar-refractivity contribution in [2.45, 2.75) is 26.3 Å². The van der Waals surface area contributed by atoms with Gasteiger partial charge in [0, 0.05) is 19.6 Å². The van der Waals surface area contributed by atoms with E-state index in [1.54, 1.807) is 0 Å². The quantitative estimate of drug-likeness (QED) is 0.910. The molecule has 1 aromatic rings. The van der Waals surface area contributed by atoms with Gasteiger partial charge in [-0.05, 0) is 18.1 Å². The number of carbonyl (C=O) groups excluding carboxylic acids is 1. The first-order valence-corrected chi connectivity index (χ1v) is 6.49. The molecule has 1 rings (SSSR count). The Labute approximate surface area is 121 Å². The summed E-state index contributed by atoms with van der Waals surface area (Å²) in [5, 5.41) is 0. The molecule has 0 bridgehead atoms. The number of carbonyl (C=O) groups is 1. The van der Waals surface area contributed by atoms with Crippen LogP contribution in [0.4, 0.5) is 13.2 Å². The fraction of sp³-hybridized carbons (Fsp3) is 0.500. The first kappa shape index (κ1) is 17.3. The van der Waals surface area contributed by atoms with E-state index in [0.29, 0.717) is 0 Å². The molecule has 21 heavy (non-hydrogen) atoms. The molecule has 1 amide bonds. The van der Waals surface area contributed by atoms with Crippen molar-refractivity contribution in [2.75, 3.05) is 13.6 Å². The Kier molecular flexibility index (Phi) is 5.60. The number of amides is 1. The van der Waals surface area contributed by atoms with E-state index in [1.807, 2.05) is 13.8 Å². The minimum absolute atomic E-state index is 0.0830. The van der Waals surface area contributed by atoms with Crippen LogP contribution in [0.5, 0.6) is 5.75 Å². The smallest absolute Gasteiger partial charge is 0.405 e. The molecule has 1 aromatic carbocycles. The van der Waals surface area contributed by atoms with Crippen LogP contribution in [0, 0.1) is 5.92 Å². The maximum Gasteiger partial charge on any atom is 0.573 e. The molecule has 0 spiro atoms. The molecule has 0 aliphatic rings. The molecule has 0 saturated carbocycles. The van der Waals surface area contributed by atoms with Gasteiger partial charge >= 0.3 is 6.36 Å². The Bertz CT molecular complexity index is 489. The summed E-state index contributed by atoms with van der Waals surface area (Å²) in [6, 6.07) is 5.00. The van der Waals surface area contributed by atoms with E-state index < -0.39 is 18.0 Å². The second-order valence-corrected chi connectivity index (χ2v) is 5.01. The van der Waals surface area contributed by atoms with Gasteiger partial charge < -0.3 is 15.4 Å². The van der Waals surface area contributed by atoms with E-state index in [1.165, 1.54) is 30.1 Å². The number of alkyl halides is 3. The van der Waals surface area contributed by atoms with Crippen molar-refractivity contribution in [2.24, 2.45) is 11.7 Å². The number of benzene rings is 1. The second-order valence-electron chi connectivity index (χ2n) is 5.01. The van der Waals surface area contributed by atoms with Gasteiger partial charge in [0.25, 0.3) is 5.91 Å². The summed E-state index contributed by atoms with van der Waals surface area (Å²) < 4.78 is 41.0. The Morgan fingerprint density at radius 2 is 1.90 bits per heavy atom. The highest BCUT2D eigenvalue weighted by molar-refractivity contribution is 5.97. The van der Waals surface area contributed by atoms with E-state index in [-0.39, 0.29) is 24.1 Å². The number of ether oxygens (including phenoxy) is 1. The highest BCUT2D eigenvalue weighted by Gasteiger charge is 2.33. The lowest BCUT2D eigenvalue weighted by molar-refractivity contribution is -0.274. The molecule has 7 heteroatoms. The Hall–Kier alpha value is -1.76. The molecule has 0 saturated heterocycles. The highest BCUT2D eigenvalue weighted by Crippen LogP contribution is 2.27. The number of nitrogens with zero attached hydrogens (tertiary/aromatic N) is 1. The van der Waals surface area contributed by atoms with Crippen molar-refractivity contribution < 1.29 is 22.7 Å². The third-order valence-corrected chi connectivity index (χ3v) is 3.17. The minimum atomic E-state index is -4.85. The summed E-state index contributed by atoms with van der Waals surface area (Å²) in [7, 11) is 1.52. The van der Waals surface area contributed by atoms with Crippen molar-refractivity contribution in [3.8, 4) is 5.75 Å². The third kappa shape index (κ3) is 4.63. The van der Waals surface area contributed by atoms with Crippen LogP contribution in [0.2, 0.25) is 0 Å². The summed E-state index contributed by atoms with van der Waals surface area (Å²) in [5.74, 6) is -0.986. The Morgan fingerprint density at radius 1 is 1.33 bits per heavy atom. The number of hydrogen-bond acceptors (Lipinski definition) is 3. The molecule has 0 aliphatic carbocycles. The number of halogens is 3. The van der Waals surface area contributed by atoms with E-state index >= 15 is 0 Å². The van der Waals surface area contributed by atoms with Gasteiger partial charge in [-0.15, -0.1) is 13.2 Å². The molecule has 0 aliphatic heterocycles. The van der Waals surface area contributed by atoms with Crippen LogP contribution in [-0.2, 0) is 0 Å². The van der Waals surface area contributed by atoms with Crippen molar-refractivity contribution >= 4 is 5.91 Å². The van der Waals surface area contributed by atoms with Gasteiger partial charge in [0.1, 0.15) is 5.75 Å². The summed E-state index contributed by atoms with van der Waals surface area (Å²) in [4.78, 5) is 13.7. The standard InChI is InChI=1S/C14H19F3N2O2/c1-9(2)11(8-18)19(3)13(20)10-6-4-5-7-12(10)21-14(15,16)17/h4-7,9,11H,8,18H2,1-3H3. The summed E-state index contributed by atoms with van der Waals surface area (Å²) in [5.41, 5.74) is 5.48. The van der Waals surface area contributed by atoms with Gasteiger partial charge in [0.15, 0.2) is 0 Å². The summed E-state index contributed by atoms with van der Waals surface area (Å²) >= 11 is 0. The number of nitrogens with two attached hydrogens (primary N) is 1. The van der Waals surface area contributed by atoms with Gasteiger partial charge in [-0.2, -0.15) is 0 Å². The Balaban J connectivity index is 3.07. The van der Waals surface area contributed by atoms with Gasteiger partial charge in [0.05, 0.1) is 5.56 Å². The molecule has 0 radical (unpaired) electrons. The lowest BCUT2D eigenvalue weighted by Gasteiger charge is -2.30. The van der Waals surface area contributed by atoms with Crippen LogP contribution >= 0.6 is 0 Å². The molecular formula is C14H19F3N2O2. The van der Waals surface area contributed by atoms with Gasteiger partial charge in [-0.1, -0.05) is 26.0 Å². The zero-order valence-electron chi connectivity index (χ0n) is 12.1. The molecule has 4 nitrogen and oxygen atoms in total. The summed E-state index contributed by atoms with van der Waals surface area (Å²) in [6.07, 6.45) is -4.85. The zero-order chi connectivity index (χ0) is 16.2. The zero-order valence-corrected chi connectivity index (χ0v) is 12.1. The lowest BCUT2D eigenvalue weighted by atomic mass is 10.0. The van der Waals surface area contributed by atoms with Crippen molar-refractivity contribution in [1.82, 2.24) is 4.90 Å². The number of hydrogen-bond donors (Lipinski definition) is 1. The first-order chi connectivity index (χ1) is 9.67. The van der Waals surface area contributed by atoms with Gasteiger partial charge in [-0.3, -0.25) is 4.79 Å². The number of para-hydroxylation sites is 1. The molecule has 1 atom stereocenters. The van der Waals surface area contributed by atoms with Crippen LogP contribution in [-0.4, -0.2) is 36.8 Å². The van der Waals surface area contributed by atoms with E-state index in [4.69, 9.17) is 5.73 Å². The van der Waals surface area contributed by atoms with Crippen LogP contribution in [0.1, 0.15) is 24.2 Å². The fourth-order valence-electron chi connectivity index (χ4n) is 2.08. The first-order valence-electron chi connectivity index (χ1n) is 6.49. The molecule has 2 N–H and O–H groups in total. The van der Waals surface area contributed by atoms with E-state index in [0.717, 1.165) is 6.07 Å². The lowest BCUT2D eigenvalue weighted by Crippen LogP contribution is -2.45. The highest BCUT2D eigenvalue weighted by atomic mass is 19.4. The third-order valence-electron chi connectivity index (χ3n) is 3.17.